The standard InChI is InChI=1S/C22H20Br2N2O5/c1-3-29-19-10-14(9-18(24)21(19)31-13-20(27)30-4-2)8-15(12-25)22(28)26-17-7-5-6-16(23)11-17/h5-11H,3-4,13H2,1-2H3,(H,26,28)/b15-8-. The van der Waals surface area contributed by atoms with Crippen LogP contribution in [0.5, 0.6) is 11.5 Å². The van der Waals surface area contributed by atoms with Gasteiger partial charge in [0.2, 0.25) is 0 Å². The smallest absolute Gasteiger partial charge is 0.344 e. The van der Waals surface area contributed by atoms with Crippen molar-refractivity contribution < 1.29 is 23.8 Å². The molecule has 9 heteroatoms. The molecule has 1 N–H and O–H groups in total. The Morgan fingerprint density at radius 1 is 1.13 bits per heavy atom. The molecule has 31 heavy (non-hydrogen) atoms. The maximum Gasteiger partial charge on any atom is 0.344 e. The normalized spacial score (nSPS) is 10.7. The molecule has 0 unspecified atom stereocenters. The third kappa shape index (κ3) is 7.42. The van der Waals surface area contributed by atoms with Crippen LogP contribution in [0.1, 0.15) is 19.4 Å². The first-order chi connectivity index (χ1) is 14.9. The first-order valence-electron chi connectivity index (χ1n) is 9.31. The molecule has 2 rings (SSSR count). The minimum atomic E-state index is -0.544. The average Bonchev–Trinajstić information content (AvgIpc) is 2.71. The molecule has 0 radical (unpaired) electrons. The number of amides is 1. The number of hydrogen-bond acceptors (Lipinski definition) is 6. The molecule has 0 atom stereocenters. The Bertz CT molecular complexity index is 1030. The van der Waals surface area contributed by atoms with Gasteiger partial charge in [-0.1, -0.05) is 22.0 Å². The molecule has 0 bridgehead atoms. The summed E-state index contributed by atoms with van der Waals surface area (Å²) in [6.45, 7) is 3.84. The number of nitrogens with one attached hydrogen (secondary N) is 1. The largest absolute Gasteiger partial charge is 0.490 e. The third-order valence-electron chi connectivity index (χ3n) is 3.73. The predicted molar refractivity (Wildman–Crippen MR) is 124 cm³/mol. The fourth-order valence-electron chi connectivity index (χ4n) is 2.49. The number of esters is 1. The number of carbonyl (C=O) groups is 2. The maximum absolute atomic E-state index is 12.5. The van der Waals surface area contributed by atoms with Crippen molar-refractivity contribution in [1.29, 1.82) is 5.26 Å². The molecule has 0 heterocycles. The Hall–Kier alpha value is -2.83. The molecular weight excluding hydrogens is 532 g/mol. The van der Waals surface area contributed by atoms with Crippen LogP contribution in [0.4, 0.5) is 5.69 Å². The molecule has 0 spiro atoms. The number of halogens is 2. The minimum absolute atomic E-state index is 0.0884. The monoisotopic (exact) mass is 550 g/mol. The van der Waals surface area contributed by atoms with E-state index < -0.39 is 11.9 Å². The van der Waals surface area contributed by atoms with Gasteiger partial charge in [-0.25, -0.2) is 4.79 Å². The van der Waals surface area contributed by atoms with Crippen molar-refractivity contribution in [1.82, 2.24) is 0 Å². The van der Waals surface area contributed by atoms with Gasteiger partial charge in [-0.05, 0) is 71.7 Å². The number of anilines is 1. The molecule has 2 aromatic carbocycles. The second-order valence-electron chi connectivity index (χ2n) is 5.99. The molecule has 7 nitrogen and oxygen atoms in total. The summed E-state index contributed by atoms with van der Waals surface area (Å²) in [5, 5.41) is 12.2. The van der Waals surface area contributed by atoms with E-state index in [1.807, 2.05) is 12.1 Å². The van der Waals surface area contributed by atoms with E-state index in [0.29, 0.717) is 33.8 Å². The molecule has 0 saturated carbocycles. The summed E-state index contributed by atoms with van der Waals surface area (Å²) in [7, 11) is 0. The average molecular weight is 552 g/mol. The summed E-state index contributed by atoms with van der Waals surface area (Å²) in [6.07, 6.45) is 1.44. The predicted octanol–water partition coefficient (Wildman–Crippen LogP) is 5.10. The van der Waals surface area contributed by atoms with Crippen LogP contribution in [0.3, 0.4) is 0 Å². The van der Waals surface area contributed by atoms with Gasteiger partial charge in [0, 0.05) is 10.2 Å². The highest BCUT2D eigenvalue weighted by molar-refractivity contribution is 9.10. The first-order valence-corrected chi connectivity index (χ1v) is 10.9. The Balaban J connectivity index is 2.28. The summed E-state index contributed by atoms with van der Waals surface area (Å²) < 4.78 is 17.3. The number of rotatable bonds is 9. The maximum atomic E-state index is 12.5. The zero-order valence-corrected chi connectivity index (χ0v) is 20.1. The topological polar surface area (TPSA) is 97.7 Å². The van der Waals surface area contributed by atoms with E-state index in [2.05, 4.69) is 37.2 Å². The molecule has 0 saturated heterocycles. The summed E-state index contributed by atoms with van der Waals surface area (Å²) >= 11 is 6.73. The Kier molecular flexibility index (Phi) is 9.56. The highest BCUT2D eigenvalue weighted by Gasteiger charge is 2.16. The van der Waals surface area contributed by atoms with Gasteiger partial charge >= 0.3 is 5.97 Å². The zero-order valence-electron chi connectivity index (χ0n) is 16.9. The van der Waals surface area contributed by atoms with E-state index in [9.17, 15) is 14.9 Å². The van der Waals surface area contributed by atoms with Crippen LogP contribution in [0.2, 0.25) is 0 Å². The van der Waals surface area contributed by atoms with Crippen LogP contribution in [-0.4, -0.2) is 31.7 Å². The quantitative estimate of drug-likeness (QED) is 0.264. The van der Waals surface area contributed by atoms with Crippen LogP contribution in [0.15, 0.2) is 50.9 Å². The van der Waals surface area contributed by atoms with Gasteiger partial charge in [0.05, 0.1) is 17.7 Å². The van der Waals surface area contributed by atoms with Crippen molar-refractivity contribution in [2.75, 3.05) is 25.1 Å². The van der Waals surface area contributed by atoms with Crippen LogP contribution < -0.4 is 14.8 Å². The van der Waals surface area contributed by atoms with E-state index in [-0.39, 0.29) is 18.8 Å². The molecule has 0 fully saturated rings. The zero-order chi connectivity index (χ0) is 22.8. The minimum Gasteiger partial charge on any atom is -0.490 e. The fraction of sp³-hybridized carbons (Fsp3) is 0.227. The number of nitrogens with zero attached hydrogens (tertiary/aromatic N) is 1. The van der Waals surface area contributed by atoms with E-state index >= 15 is 0 Å². The molecule has 0 aliphatic heterocycles. The second-order valence-corrected chi connectivity index (χ2v) is 7.76. The van der Waals surface area contributed by atoms with Crippen molar-refractivity contribution in [3.05, 3.63) is 56.5 Å². The Morgan fingerprint density at radius 2 is 1.90 bits per heavy atom. The van der Waals surface area contributed by atoms with Gasteiger partial charge in [-0.3, -0.25) is 4.79 Å². The van der Waals surface area contributed by atoms with Crippen molar-refractivity contribution in [2.45, 2.75) is 13.8 Å². The van der Waals surface area contributed by atoms with Crippen LogP contribution >= 0.6 is 31.9 Å². The van der Waals surface area contributed by atoms with Gasteiger partial charge < -0.3 is 19.5 Å². The van der Waals surface area contributed by atoms with Gasteiger partial charge in [0.15, 0.2) is 18.1 Å². The lowest BCUT2D eigenvalue weighted by molar-refractivity contribution is -0.145. The van der Waals surface area contributed by atoms with E-state index in [0.717, 1.165) is 4.47 Å². The lowest BCUT2D eigenvalue weighted by atomic mass is 10.1. The molecule has 0 aliphatic carbocycles. The van der Waals surface area contributed by atoms with Crippen molar-refractivity contribution in [3.63, 3.8) is 0 Å². The lowest BCUT2D eigenvalue weighted by Crippen LogP contribution is -2.15. The second kappa shape index (κ2) is 12.1. The van der Waals surface area contributed by atoms with E-state index in [4.69, 9.17) is 14.2 Å². The van der Waals surface area contributed by atoms with Gasteiger partial charge in [0.25, 0.3) is 5.91 Å². The Labute approximate surface area is 197 Å². The number of benzene rings is 2. The van der Waals surface area contributed by atoms with Crippen molar-refractivity contribution in [3.8, 4) is 17.6 Å². The lowest BCUT2D eigenvalue weighted by Gasteiger charge is -2.14. The SMILES string of the molecule is CCOC(=O)COc1c(Br)cc(/C=C(/C#N)C(=O)Nc2cccc(Br)c2)cc1OCC. The van der Waals surface area contributed by atoms with Gasteiger partial charge in [-0.2, -0.15) is 5.26 Å². The number of hydrogen-bond donors (Lipinski definition) is 1. The molecule has 1 amide bonds. The number of nitriles is 1. The van der Waals surface area contributed by atoms with Crippen LogP contribution in [-0.2, 0) is 14.3 Å². The van der Waals surface area contributed by atoms with Gasteiger partial charge in [-0.15, -0.1) is 0 Å². The molecule has 2 aromatic rings. The van der Waals surface area contributed by atoms with E-state index in [1.54, 1.807) is 44.2 Å². The first kappa shape index (κ1) is 24.4. The Morgan fingerprint density at radius 3 is 2.55 bits per heavy atom. The number of carbonyl (C=O) groups excluding carboxylic acids is 2. The molecule has 162 valence electrons. The summed E-state index contributed by atoms with van der Waals surface area (Å²) in [5.74, 6) is -0.365. The highest BCUT2D eigenvalue weighted by Crippen LogP contribution is 2.37. The summed E-state index contributed by atoms with van der Waals surface area (Å²) in [5.41, 5.74) is 1.01. The van der Waals surface area contributed by atoms with Crippen molar-refractivity contribution in [2.24, 2.45) is 0 Å². The summed E-state index contributed by atoms with van der Waals surface area (Å²) in [6, 6.07) is 12.2. The number of ether oxygens (including phenoxy) is 3. The third-order valence-corrected chi connectivity index (χ3v) is 4.81. The molecule has 0 aromatic heterocycles. The highest BCUT2D eigenvalue weighted by atomic mass is 79.9. The van der Waals surface area contributed by atoms with Gasteiger partial charge in [0.1, 0.15) is 11.6 Å². The molecule has 0 aliphatic rings. The van der Waals surface area contributed by atoms with Crippen molar-refractivity contribution >= 4 is 55.5 Å². The summed E-state index contributed by atoms with van der Waals surface area (Å²) in [4.78, 5) is 24.1. The fourth-order valence-corrected chi connectivity index (χ4v) is 3.46. The van der Waals surface area contributed by atoms with Crippen LogP contribution in [0.25, 0.3) is 6.08 Å². The molecular formula is C22H20Br2N2O5. The van der Waals surface area contributed by atoms with E-state index in [1.165, 1.54) is 6.08 Å². The van der Waals surface area contributed by atoms with Crippen LogP contribution in [0, 0.1) is 11.3 Å².